The van der Waals surface area contributed by atoms with Crippen LogP contribution in [0.3, 0.4) is 0 Å². The third-order valence-corrected chi connectivity index (χ3v) is 4.80. The number of aromatic nitrogens is 1. The van der Waals surface area contributed by atoms with Crippen molar-refractivity contribution in [2.45, 2.75) is 4.90 Å². The zero-order chi connectivity index (χ0) is 20.0. The Hall–Kier alpha value is -3.79. The summed E-state index contributed by atoms with van der Waals surface area (Å²) in [5, 5.41) is 16.4. The van der Waals surface area contributed by atoms with E-state index in [1.54, 1.807) is 24.3 Å². The number of nitrogens with zero attached hydrogens (tertiary/aromatic N) is 3. The van der Waals surface area contributed by atoms with E-state index in [1.165, 1.54) is 48.7 Å². The second-order valence-corrected chi connectivity index (χ2v) is 7.07. The lowest BCUT2D eigenvalue weighted by Crippen LogP contribution is -2.13. The van der Waals surface area contributed by atoms with Crippen LogP contribution in [0.25, 0.3) is 0 Å². The molecule has 0 aliphatic heterocycles. The molecule has 0 amide bonds. The molecule has 1 aromatic heterocycles. The molecule has 10 heteroatoms. The van der Waals surface area contributed by atoms with Gasteiger partial charge in [-0.3, -0.25) is 4.72 Å². The average molecular weight is 398 g/mol. The third-order valence-electron chi connectivity index (χ3n) is 3.44. The number of pyridine rings is 1. The SMILES string of the molecule is O=C(O)c1ccccc1ON=Nc1cccc(S(=O)(=O)Nc2ccccn2)c1. The van der Waals surface area contributed by atoms with E-state index >= 15 is 0 Å². The minimum atomic E-state index is -3.86. The number of nitrogens with one attached hydrogen (secondary N) is 1. The number of hydrogen-bond acceptors (Lipinski definition) is 7. The summed E-state index contributed by atoms with van der Waals surface area (Å²) in [7, 11) is -3.86. The number of anilines is 1. The van der Waals surface area contributed by atoms with Crippen LogP contribution >= 0.6 is 0 Å². The molecule has 0 atom stereocenters. The summed E-state index contributed by atoms with van der Waals surface area (Å²) in [6.45, 7) is 0. The van der Waals surface area contributed by atoms with Crippen molar-refractivity contribution in [3.05, 3.63) is 78.5 Å². The number of carbonyl (C=O) groups is 1. The van der Waals surface area contributed by atoms with Gasteiger partial charge < -0.3 is 9.94 Å². The van der Waals surface area contributed by atoms with Crippen molar-refractivity contribution in [2.75, 3.05) is 4.72 Å². The lowest BCUT2D eigenvalue weighted by atomic mass is 10.2. The first-order valence-electron chi connectivity index (χ1n) is 7.90. The predicted octanol–water partition coefficient (Wildman–Crippen LogP) is 3.66. The van der Waals surface area contributed by atoms with Crippen LogP contribution < -0.4 is 9.56 Å². The van der Waals surface area contributed by atoms with Crippen LogP contribution in [0.5, 0.6) is 5.75 Å². The van der Waals surface area contributed by atoms with Gasteiger partial charge in [0.1, 0.15) is 11.4 Å². The maximum atomic E-state index is 12.4. The lowest BCUT2D eigenvalue weighted by molar-refractivity contribution is 0.0692. The van der Waals surface area contributed by atoms with Crippen LogP contribution in [-0.4, -0.2) is 24.5 Å². The van der Waals surface area contributed by atoms with Gasteiger partial charge in [-0.25, -0.2) is 18.2 Å². The Labute approximate surface area is 160 Å². The van der Waals surface area contributed by atoms with Gasteiger partial charge in [0.05, 0.1) is 10.6 Å². The molecule has 2 N–H and O–H groups in total. The second-order valence-electron chi connectivity index (χ2n) is 5.39. The zero-order valence-electron chi connectivity index (χ0n) is 14.3. The average Bonchev–Trinajstić information content (AvgIpc) is 2.69. The van der Waals surface area contributed by atoms with E-state index in [4.69, 9.17) is 9.94 Å². The van der Waals surface area contributed by atoms with Gasteiger partial charge in [-0.1, -0.05) is 24.3 Å². The highest BCUT2D eigenvalue weighted by atomic mass is 32.2. The highest BCUT2D eigenvalue weighted by molar-refractivity contribution is 7.92. The molecule has 3 aromatic rings. The zero-order valence-corrected chi connectivity index (χ0v) is 15.1. The molecule has 0 unspecified atom stereocenters. The fourth-order valence-corrected chi connectivity index (χ4v) is 3.21. The van der Waals surface area contributed by atoms with Gasteiger partial charge >= 0.3 is 5.97 Å². The Morgan fingerprint density at radius 1 is 1.04 bits per heavy atom. The summed E-state index contributed by atoms with van der Waals surface area (Å²) < 4.78 is 27.3. The molecule has 9 nitrogen and oxygen atoms in total. The molecule has 0 aliphatic rings. The lowest BCUT2D eigenvalue weighted by Gasteiger charge is -2.07. The summed E-state index contributed by atoms with van der Waals surface area (Å²) >= 11 is 0. The summed E-state index contributed by atoms with van der Waals surface area (Å²) in [6.07, 6.45) is 1.47. The highest BCUT2D eigenvalue weighted by Crippen LogP contribution is 2.22. The van der Waals surface area contributed by atoms with Crippen molar-refractivity contribution in [2.24, 2.45) is 10.4 Å². The molecular weight excluding hydrogens is 384 g/mol. The Bertz CT molecular complexity index is 1120. The number of sulfonamides is 1. The summed E-state index contributed by atoms with van der Waals surface area (Å²) in [4.78, 5) is 20.0. The van der Waals surface area contributed by atoms with Gasteiger partial charge in [-0.2, -0.15) is 0 Å². The topological polar surface area (TPSA) is 130 Å². The fraction of sp³-hybridized carbons (Fsp3) is 0. The van der Waals surface area contributed by atoms with Gasteiger partial charge in [0.25, 0.3) is 10.0 Å². The third kappa shape index (κ3) is 4.68. The van der Waals surface area contributed by atoms with Gasteiger partial charge in [-0.05, 0) is 42.5 Å². The Morgan fingerprint density at radius 2 is 1.82 bits per heavy atom. The van der Waals surface area contributed by atoms with E-state index in [9.17, 15) is 13.2 Å². The molecule has 2 aromatic carbocycles. The Balaban J connectivity index is 1.77. The normalized spacial score (nSPS) is 11.3. The van der Waals surface area contributed by atoms with Crippen molar-refractivity contribution in [3.63, 3.8) is 0 Å². The number of rotatable bonds is 7. The molecule has 0 fully saturated rings. The van der Waals surface area contributed by atoms with Crippen LogP contribution in [0.1, 0.15) is 10.4 Å². The molecule has 28 heavy (non-hydrogen) atoms. The molecule has 0 aliphatic carbocycles. The summed E-state index contributed by atoms with van der Waals surface area (Å²) in [5.41, 5.74) is 0.133. The van der Waals surface area contributed by atoms with Crippen LogP contribution in [0.2, 0.25) is 0 Å². The molecule has 0 radical (unpaired) electrons. The highest BCUT2D eigenvalue weighted by Gasteiger charge is 2.15. The quantitative estimate of drug-likeness (QED) is 0.461. The molecule has 0 spiro atoms. The van der Waals surface area contributed by atoms with Crippen molar-refractivity contribution in [1.29, 1.82) is 0 Å². The van der Waals surface area contributed by atoms with Crippen LogP contribution in [-0.2, 0) is 10.0 Å². The van der Waals surface area contributed by atoms with Crippen LogP contribution in [0, 0.1) is 0 Å². The monoisotopic (exact) mass is 398 g/mol. The largest absolute Gasteiger partial charge is 0.478 e. The first-order valence-corrected chi connectivity index (χ1v) is 9.38. The van der Waals surface area contributed by atoms with Crippen LogP contribution in [0.15, 0.2) is 88.2 Å². The second kappa shape index (κ2) is 8.27. The summed E-state index contributed by atoms with van der Waals surface area (Å²) in [5.74, 6) is -0.970. The first-order chi connectivity index (χ1) is 13.5. The molecule has 0 saturated heterocycles. The van der Waals surface area contributed by atoms with E-state index in [0.29, 0.717) is 0 Å². The van der Waals surface area contributed by atoms with E-state index in [-0.39, 0.29) is 27.7 Å². The van der Waals surface area contributed by atoms with Crippen LogP contribution in [0.4, 0.5) is 11.5 Å². The standard InChI is InChI=1S/C18H14N4O5S/c23-18(24)15-8-1-2-9-16(15)27-22-20-13-6-5-7-14(12-13)28(25,26)21-17-10-3-4-11-19-17/h1-12H,(H,19,21)(H,23,24). The number of carboxylic acid groups (broad SMARTS) is 1. The van der Waals surface area contributed by atoms with E-state index in [2.05, 4.69) is 20.1 Å². The van der Waals surface area contributed by atoms with Crippen molar-refractivity contribution >= 4 is 27.5 Å². The van der Waals surface area contributed by atoms with E-state index in [1.807, 2.05) is 0 Å². The molecule has 3 rings (SSSR count). The summed E-state index contributed by atoms with van der Waals surface area (Å²) in [6, 6.07) is 16.5. The minimum absolute atomic E-state index is 0.0133. The Morgan fingerprint density at radius 3 is 2.57 bits per heavy atom. The maximum Gasteiger partial charge on any atom is 0.339 e. The number of para-hydroxylation sites is 1. The number of hydrogen-bond donors (Lipinski definition) is 2. The molecule has 0 bridgehead atoms. The van der Waals surface area contributed by atoms with E-state index < -0.39 is 16.0 Å². The van der Waals surface area contributed by atoms with Crippen molar-refractivity contribution < 1.29 is 23.2 Å². The number of benzene rings is 2. The van der Waals surface area contributed by atoms with Gasteiger partial charge in [-0.15, -0.1) is 5.11 Å². The van der Waals surface area contributed by atoms with Gasteiger partial charge in [0.15, 0.2) is 5.75 Å². The fourth-order valence-electron chi connectivity index (χ4n) is 2.17. The van der Waals surface area contributed by atoms with E-state index in [0.717, 1.165) is 0 Å². The number of aromatic carboxylic acids is 1. The maximum absolute atomic E-state index is 12.4. The van der Waals surface area contributed by atoms with Crippen molar-refractivity contribution in [3.8, 4) is 5.75 Å². The smallest absolute Gasteiger partial charge is 0.339 e. The Kier molecular flexibility index (Phi) is 5.61. The molecule has 1 heterocycles. The first kappa shape index (κ1) is 19.0. The molecular formula is C18H14N4O5S. The van der Waals surface area contributed by atoms with Gasteiger partial charge in [0, 0.05) is 11.5 Å². The molecule has 142 valence electrons. The van der Waals surface area contributed by atoms with Crippen molar-refractivity contribution in [1.82, 2.24) is 4.98 Å². The predicted molar refractivity (Wildman–Crippen MR) is 100 cm³/mol. The number of carboxylic acids is 1. The molecule has 0 saturated carbocycles. The van der Waals surface area contributed by atoms with Gasteiger partial charge in [0.2, 0.25) is 0 Å². The minimum Gasteiger partial charge on any atom is -0.478 e.